The number of aryl methyl sites for hydroxylation is 1. The Morgan fingerprint density at radius 3 is 2.39 bits per heavy atom. The van der Waals surface area contributed by atoms with Crippen molar-refractivity contribution in [2.75, 3.05) is 26.1 Å². The number of nitrogens with one attached hydrogen (secondary N) is 2. The van der Waals surface area contributed by atoms with Crippen molar-refractivity contribution in [3.8, 4) is 22.1 Å². The van der Waals surface area contributed by atoms with Crippen molar-refractivity contribution in [1.82, 2.24) is 10.3 Å². The molecule has 0 unspecified atom stereocenters. The standard InChI is InChI=1S/C22H22N4O6S/c1-13-19(33-22(24-13)14-4-9-17(31-2)18(12-14)32-3)10-11-23-20(27)21(28)25-15-5-7-16(8-6-15)26(29)30/h4-9,12H,10-11H2,1-3H3,(H,23,27)(H,25,28). The third-order valence-electron chi connectivity index (χ3n) is 4.70. The fraction of sp³-hybridized carbons (Fsp3) is 0.227. The van der Waals surface area contributed by atoms with E-state index in [1.54, 1.807) is 14.2 Å². The molecule has 11 heteroatoms. The van der Waals surface area contributed by atoms with Crippen LogP contribution in [0.2, 0.25) is 0 Å². The summed E-state index contributed by atoms with van der Waals surface area (Å²) in [7, 11) is 3.14. The average molecular weight is 471 g/mol. The van der Waals surface area contributed by atoms with Crippen molar-refractivity contribution < 1.29 is 24.0 Å². The van der Waals surface area contributed by atoms with Crippen LogP contribution in [-0.4, -0.2) is 42.5 Å². The summed E-state index contributed by atoms with van der Waals surface area (Å²) in [6.45, 7) is 2.14. The molecular formula is C22H22N4O6S. The van der Waals surface area contributed by atoms with Gasteiger partial charge in [0.15, 0.2) is 11.5 Å². The molecule has 0 radical (unpaired) electrons. The van der Waals surface area contributed by atoms with Gasteiger partial charge < -0.3 is 20.1 Å². The first-order chi connectivity index (χ1) is 15.8. The van der Waals surface area contributed by atoms with Gasteiger partial charge in [0.25, 0.3) is 5.69 Å². The van der Waals surface area contributed by atoms with Crippen molar-refractivity contribution >= 4 is 34.5 Å². The van der Waals surface area contributed by atoms with E-state index in [0.29, 0.717) is 23.6 Å². The molecule has 0 spiro atoms. The zero-order valence-electron chi connectivity index (χ0n) is 18.2. The first-order valence-electron chi connectivity index (χ1n) is 9.84. The molecule has 2 amide bonds. The Hall–Kier alpha value is -3.99. The van der Waals surface area contributed by atoms with Gasteiger partial charge in [0.2, 0.25) is 0 Å². The van der Waals surface area contributed by atoms with Crippen molar-refractivity contribution in [1.29, 1.82) is 0 Å². The number of nitrogens with zero attached hydrogens (tertiary/aromatic N) is 2. The molecule has 172 valence electrons. The van der Waals surface area contributed by atoms with E-state index >= 15 is 0 Å². The number of hydrogen-bond acceptors (Lipinski definition) is 8. The highest BCUT2D eigenvalue weighted by molar-refractivity contribution is 7.15. The predicted octanol–water partition coefficient (Wildman–Crippen LogP) is 3.34. The highest BCUT2D eigenvalue weighted by Gasteiger charge is 2.16. The van der Waals surface area contributed by atoms with Crippen molar-refractivity contribution in [3.63, 3.8) is 0 Å². The Labute approximate surface area is 193 Å². The van der Waals surface area contributed by atoms with E-state index in [2.05, 4.69) is 15.6 Å². The maximum Gasteiger partial charge on any atom is 0.313 e. The number of hydrogen-bond donors (Lipinski definition) is 2. The Kier molecular flexibility index (Phi) is 7.57. The number of nitro groups is 1. The van der Waals surface area contributed by atoms with Crippen molar-refractivity contribution in [2.24, 2.45) is 0 Å². The minimum atomic E-state index is -0.851. The summed E-state index contributed by atoms with van der Waals surface area (Å²) in [4.78, 5) is 39.9. The number of amides is 2. The summed E-state index contributed by atoms with van der Waals surface area (Å²) in [5, 5.41) is 16.5. The van der Waals surface area contributed by atoms with Gasteiger partial charge in [-0.3, -0.25) is 19.7 Å². The number of methoxy groups -OCH3 is 2. The molecule has 0 bridgehead atoms. The Balaban J connectivity index is 1.56. The van der Waals surface area contributed by atoms with E-state index in [9.17, 15) is 19.7 Å². The lowest BCUT2D eigenvalue weighted by Crippen LogP contribution is -2.36. The largest absolute Gasteiger partial charge is 0.493 e. The second-order valence-corrected chi connectivity index (χ2v) is 7.94. The number of nitro benzene ring substituents is 1. The lowest BCUT2D eigenvalue weighted by molar-refractivity contribution is -0.384. The van der Waals surface area contributed by atoms with E-state index in [1.165, 1.54) is 35.6 Å². The number of non-ortho nitro benzene ring substituents is 1. The van der Waals surface area contributed by atoms with Crippen LogP contribution in [0.15, 0.2) is 42.5 Å². The topological polar surface area (TPSA) is 133 Å². The first-order valence-corrected chi connectivity index (χ1v) is 10.7. The quantitative estimate of drug-likeness (QED) is 0.293. The molecule has 0 aliphatic heterocycles. The Morgan fingerprint density at radius 2 is 1.76 bits per heavy atom. The molecule has 0 saturated carbocycles. The van der Waals surface area contributed by atoms with Gasteiger partial charge in [-0.15, -0.1) is 11.3 Å². The van der Waals surface area contributed by atoms with E-state index in [1.807, 2.05) is 25.1 Å². The molecule has 10 nitrogen and oxygen atoms in total. The number of benzene rings is 2. The van der Waals surface area contributed by atoms with Crippen LogP contribution in [0.4, 0.5) is 11.4 Å². The zero-order valence-corrected chi connectivity index (χ0v) is 19.0. The number of rotatable bonds is 8. The number of aromatic nitrogens is 1. The number of thiazole rings is 1. The average Bonchev–Trinajstić information content (AvgIpc) is 3.19. The van der Waals surface area contributed by atoms with E-state index in [4.69, 9.17) is 9.47 Å². The molecule has 3 aromatic rings. The molecular weight excluding hydrogens is 448 g/mol. The lowest BCUT2D eigenvalue weighted by atomic mass is 10.2. The fourth-order valence-electron chi connectivity index (χ4n) is 2.98. The van der Waals surface area contributed by atoms with Crippen LogP contribution in [0.5, 0.6) is 11.5 Å². The summed E-state index contributed by atoms with van der Waals surface area (Å²) < 4.78 is 10.6. The van der Waals surface area contributed by atoms with E-state index < -0.39 is 16.7 Å². The van der Waals surface area contributed by atoms with Crippen LogP contribution in [0.25, 0.3) is 10.6 Å². The summed E-state index contributed by atoms with van der Waals surface area (Å²) >= 11 is 1.50. The van der Waals surface area contributed by atoms with Gasteiger partial charge in [0, 0.05) is 41.2 Å². The molecule has 2 aromatic carbocycles. The first kappa shape index (κ1) is 23.7. The van der Waals surface area contributed by atoms with Gasteiger partial charge in [-0.2, -0.15) is 0 Å². The summed E-state index contributed by atoms with van der Waals surface area (Å²) in [6, 6.07) is 10.8. The van der Waals surface area contributed by atoms with E-state index in [-0.39, 0.29) is 12.2 Å². The summed E-state index contributed by atoms with van der Waals surface area (Å²) in [6.07, 6.45) is 0.507. The summed E-state index contributed by atoms with van der Waals surface area (Å²) in [5.74, 6) is -0.410. The van der Waals surface area contributed by atoms with Crippen LogP contribution < -0.4 is 20.1 Å². The molecule has 1 heterocycles. The number of carbonyl (C=O) groups is 2. The maximum atomic E-state index is 12.1. The molecule has 2 N–H and O–H groups in total. The van der Waals surface area contributed by atoms with Crippen molar-refractivity contribution in [2.45, 2.75) is 13.3 Å². The second-order valence-electron chi connectivity index (χ2n) is 6.86. The zero-order chi connectivity index (χ0) is 24.0. The number of carbonyl (C=O) groups excluding carboxylic acids is 2. The normalized spacial score (nSPS) is 10.4. The Bertz CT molecular complexity index is 1180. The van der Waals surface area contributed by atoms with Crippen molar-refractivity contribution in [3.05, 3.63) is 63.1 Å². The predicted molar refractivity (Wildman–Crippen MR) is 124 cm³/mol. The third-order valence-corrected chi connectivity index (χ3v) is 5.97. The molecule has 0 atom stereocenters. The molecule has 0 aliphatic carbocycles. The molecule has 0 saturated heterocycles. The number of anilines is 1. The fourth-order valence-corrected chi connectivity index (χ4v) is 4.04. The smallest absolute Gasteiger partial charge is 0.313 e. The van der Waals surface area contributed by atoms with Gasteiger partial charge in [-0.1, -0.05) is 0 Å². The lowest BCUT2D eigenvalue weighted by Gasteiger charge is -2.08. The minimum Gasteiger partial charge on any atom is -0.493 e. The van der Waals surface area contributed by atoms with Crippen LogP contribution in [0.1, 0.15) is 10.6 Å². The van der Waals surface area contributed by atoms with Gasteiger partial charge in [0.05, 0.1) is 24.8 Å². The highest BCUT2D eigenvalue weighted by atomic mass is 32.1. The maximum absolute atomic E-state index is 12.1. The molecule has 33 heavy (non-hydrogen) atoms. The van der Waals surface area contributed by atoms with Gasteiger partial charge >= 0.3 is 11.8 Å². The van der Waals surface area contributed by atoms with Gasteiger partial charge in [0.1, 0.15) is 5.01 Å². The Morgan fingerprint density at radius 1 is 1.06 bits per heavy atom. The van der Waals surface area contributed by atoms with E-state index in [0.717, 1.165) is 21.1 Å². The SMILES string of the molecule is COc1ccc(-c2nc(C)c(CCNC(=O)C(=O)Nc3ccc([N+](=O)[O-])cc3)s2)cc1OC. The van der Waals surface area contributed by atoms with Crippen LogP contribution in [-0.2, 0) is 16.0 Å². The summed E-state index contributed by atoms with van der Waals surface area (Å²) in [5.41, 5.74) is 1.91. The van der Waals surface area contributed by atoms with Crippen LogP contribution >= 0.6 is 11.3 Å². The van der Waals surface area contributed by atoms with Gasteiger partial charge in [-0.25, -0.2) is 4.98 Å². The second kappa shape index (κ2) is 10.6. The molecule has 3 rings (SSSR count). The number of ether oxygens (including phenoxy) is 2. The molecule has 0 aliphatic rings. The third kappa shape index (κ3) is 5.83. The molecule has 1 aromatic heterocycles. The van der Waals surface area contributed by atoms with Crippen LogP contribution in [0, 0.1) is 17.0 Å². The highest BCUT2D eigenvalue weighted by Crippen LogP contribution is 2.35. The monoisotopic (exact) mass is 470 g/mol. The molecule has 0 fully saturated rings. The minimum absolute atomic E-state index is 0.107. The van der Waals surface area contributed by atoms with Crippen LogP contribution in [0.3, 0.4) is 0 Å². The van der Waals surface area contributed by atoms with Gasteiger partial charge in [-0.05, 0) is 37.3 Å².